The van der Waals surface area contributed by atoms with Gasteiger partial charge in [-0.15, -0.1) is 0 Å². The number of rotatable bonds is 3. The first-order chi connectivity index (χ1) is 11.5. The molecule has 0 radical (unpaired) electrons. The van der Waals surface area contributed by atoms with Crippen LogP contribution in [-0.4, -0.2) is 25.0 Å². The topological polar surface area (TPSA) is 58.6 Å². The van der Waals surface area contributed by atoms with Crippen LogP contribution in [0.2, 0.25) is 10.0 Å². The lowest BCUT2D eigenvalue weighted by atomic mass is 10.2. The predicted molar refractivity (Wildman–Crippen MR) is 94.1 cm³/mol. The van der Waals surface area contributed by atoms with Gasteiger partial charge in [0.15, 0.2) is 6.61 Å². The first-order valence-electron chi connectivity index (χ1n) is 7.23. The lowest BCUT2D eigenvalue weighted by Gasteiger charge is -2.29. The Hall–Kier alpha value is -2.24. The largest absolute Gasteiger partial charge is 0.482 e. The molecule has 1 aliphatic rings. The van der Waals surface area contributed by atoms with Gasteiger partial charge < -0.3 is 10.1 Å². The Morgan fingerprint density at radius 1 is 1.29 bits per heavy atom. The second kappa shape index (κ2) is 6.71. The molecule has 1 aliphatic heterocycles. The summed E-state index contributed by atoms with van der Waals surface area (Å²) in [4.78, 5) is 25.9. The fraction of sp³-hybridized carbons (Fsp3) is 0.176. The third kappa shape index (κ3) is 3.32. The summed E-state index contributed by atoms with van der Waals surface area (Å²) in [6, 6.07) is 10.3. The molecule has 2 aromatic rings. The molecule has 0 spiro atoms. The molecule has 2 aromatic carbocycles. The molecule has 0 saturated heterocycles. The number of carbonyl (C=O) groups excluding carboxylic acids is 2. The molecule has 0 unspecified atom stereocenters. The fourth-order valence-electron chi connectivity index (χ4n) is 2.46. The number of nitrogens with one attached hydrogen (secondary N) is 1. The van der Waals surface area contributed by atoms with E-state index in [2.05, 4.69) is 5.32 Å². The molecule has 24 heavy (non-hydrogen) atoms. The number of anilines is 2. The number of fused-ring (bicyclic) bond motifs is 1. The van der Waals surface area contributed by atoms with Crippen LogP contribution >= 0.6 is 23.2 Å². The minimum Gasteiger partial charge on any atom is -0.482 e. The zero-order valence-corrected chi connectivity index (χ0v) is 14.3. The van der Waals surface area contributed by atoms with Crippen molar-refractivity contribution in [3.8, 4) is 5.75 Å². The van der Waals surface area contributed by atoms with Crippen molar-refractivity contribution in [3.05, 3.63) is 52.0 Å². The van der Waals surface area contributed by atoms with Crippen LogP contribution in [-0.2, 0) is 9.59 Å². The molecule has 5 nitrogen and oxygen atoms in total. The van der Waals surface area contributed by atoms with Crippen LogP contribution < -0.4 is 15.0 Å². The second-order valence-electron chi connectivity index (χ2n) is 5.36. The first kappa shape index (κ1) is 16.6. The summed E-state index contributed by atoms with van der Waals surface area (Å²) < 4.78 is 5.36. The van der Waals surface area contributed by atoms with E-state index in [9.17, 15) is 9.59 Å². The van der Waals surface area contributed by atoms with Crippen LogP contribution in [0.25, 0.3) is 0 Å². The van der Waals surface area contributed by atoms with Gasteiger partial charge in [-0.3, -0.25) is 14.5 Å². The number of nitrogens with zero attached hydrogens (tertiary/aromatic N) is 1. The maximum atomic E-state index is 12.4. The van der Waals surface area contributed by atoms with Gasteiger partial charge in [-0.25, -0.2) is 0 Å². The van der Waals surface area contributed by atoms with Crippen molar-refractivity contribution in [3.63, 3.8) is 0 Å². The van der Waals surface area contributed by atoms with Crippen molar-refractivity contribution < 1.29 is 14.3 Å². The molecule has 1 N–H and O–H groups in total. The van der Waals surface area contributed by atoms with Crippen molar-refractivity contribution in [2.45, 2.75) is 6.92 Å². The number of amides is 2. The van der Waals surface area contributed by atoms with Gasteiger partial charge in [0.1, 0.15) is 12.3 Å². The maximum absolute atomic E-state index is 12.4. The summed E-state index contributed by atoms with van der Waals surface area (Å²) in [6.45, 7) is 1.57. The molecule has 7 heteroatoms. The minimum absolute atomic E-state index is 0.118. The van der Waals surface area contributed by atoms with Crippen LogP contribution in [0.3, 0.4) is 0 Å². The summed E-state index contributed by atoms with van der Waals surface area (Å²) in [5.41, 5.74) is 1.86. The van der Waals surface area contributed by atoms with Crippen molar-refractivity contribution in [2.24, 2.45) is 0 Å². The molecule has 0 saturated carbocycles. The summed E-state index contributed by atoms with van der Waals surface area (Å²) in [6.07, 6.45) is 0. The highest BCUT2D eigenvalue weighted by Gasteiger charge is 2.27. The van der Waals surface area contributed by atoms with Gasteiger partial charge in [-0.05, 0) is 36.8 Å². The van der Waals surface area contributed by atoms with Crippen molar-refractivity contribution in [1.29, 1.82) is 0 Å². The number of hydrogen-bond acceptors (Lipinski definition) is 3. The average molecular weight is 365 g/mol. The number of carbonyl (C=O) groups is 2. The molecule has 0 aliphatic carbocycles. The zero-order valence-electron chi connectivity index (χ0n) is 12.8. The van der Waals surface area contributed by atoms with Gasteiger partial charge in [0.2, 0.25) is 5.91 Å². The van der Waals surface area contributed by atoms with E-state index < -0.39 is 0 Å². The SMILES string of the molecule is Cc1cccc(Cl)c1NC(=O)CN1C(=O)COc2ccc(Cl)cc21. The van der Waals surface area contributed by atoms with Gasteiger partial charge >= 0.3 is 0 Å². The Morgan fingerprint density at radius 2 is 2.08 bits per heavy atom. The molecule has 3 rings (SSSR count). The van der Waals surface area contributed by atoms with Crippen LogP contribution in [0.15, 0.2) is 36.4 Å². The molecule has 0 bridgehead atoms. The fourth-order valence-corrected chi connectivity index (χ4v) is 2.90. The number of ether oxygens (including phenoxy) is 1. The van der Waals surface area contributed by atoms with Crippen LogP contribution in [0.5, 0.6) is 5.75 Å². The third-order valence-electron chi connectivity index (χ3n) is 3.65. The van der Waals surface area contributed by atoms with Crippen LogP contribution in [0.1, 0.15) is 5.56 Å². The summed E-state index contributed by atoms with van der Waals surface area (Å²) in [5.74, 6) is -0.149. The van der Waals surface area contributed by atoms with E-state index >= 15 is 0 Å². The molecule has 0 aromatic heterocycles. The van der Waals surface area contributed by atoms with Crippen LogP contribution in [0, 0.1) is 6.92 Å². The predicted octanol–water partition coefficient (Wildman–Crippen LogP) is 3.67. The maximum Gasteiger partial charge on any atom is 0.265 e. The standard InChI is InChI=1S/C17H14Cl2N2O3/c1-10-3-2-4-12(19)17(10)20-15(22)8-21-13-7-11(18)5-6-14(13)24-9-16(21)23/h2-7H,8-9H2,1H3,(H,20,22). The Bertz CT molecular complexity index is 803. The van der Waals surface area contributed by atoms with Crippen molar-refractivity contribution in [2.75, 3.05) is 23.4 Å². The lowest BCUT2D eigenvalue weighted by molar-refractivity contribution is -0.123. The minimum atomic E-state index is -0.354. The average Bonchev–Trinajstić information content (AvgIpc) is 2.54. The number of halogens is 2. The number of hydrogen-bond donors (Lipinski definition) is 1. The molecular weight excluding hydrogens is 351 g/mol. The monoisotopic (exact) mass is 364 g/mol. The van der Waals surface area contributed by atoms with E-state index in [4.69, 9.17) is 27.9 Å². The van der Waals surface area contributed by atoms with Crippen molar-refractivity contribution >= 4 is 46.4 Å². The highest BCUT2D eigenvalue weighted by atomic mass is 35.5. The molecular formula is C17H14Cl2N2O3. The van der Waals surface area contributed by atoms with E-state index in [1.54, 1.807) is 30.3 Å². The Balaban J connectivity index is 1.82. The highest BCUT2D eigenvalue weighted by molar-refractivity contribution is 6.34. The van der Waals surface area contributed by atoms with Gasteiger partial charge in [-0.2, -0.15) is 0 Å². The summed E-state index contributed by atoms with van der Waals surface area (Å²) >= 11 is 12.1. The number of benzene rings is 2. The second-order valence-corrected chi connectivity index (χ2v) is 6.20. The Kier molecular flexibility index (Phi) is 4.64. The van der Waals surface area contributed by atoms with Gasteiger partial charge in [0.25, 0.3) is 5.91 Å². The molecule has 0 atom stereocenters. The molecule has 0 fully saturated rings. The number of aryl methyl sites for hydroxylation is 1. The highest BCUT2D eigenvalue weighted by Crippen LogP contribution is 2.34. The molecule has 2 amide bonds. The normalized spacial score (nSPS) is 13.3. The summed E-state index contributed by atoms with van der Waals surface area (Å²) in [5, 5.41) is 3.66. The van der Waals surface area contributed by atoms with E-state index in [1.165, 1.54) is 4.90 Å². The van der Waals surface area contributed by atoms with E-state index in [1.807, 2.05) is 13.0 Å². The van der Waals surface area contributed by atoms with Crippen molar-refractivity contribution in [1.82, 2.24) is 0 Å². The first-order valence-corrected chi connectivity index (χ1v) is 7.99. The Morgan fingerprint density at radius 3 is 2.83 bits per heavy atom. The third-order valence-corrected chi connectivity index (χ3v) is 4.20. The Labute approximate surface area is 149 Å². The summed E-state index contributed by atoms with van der Waals surface area (Å²) in [7, 11) is 0. The smallest absolute Gasteiger partial charge is 0.265 e. The molecule has 1 heterocycles. The van der Waals surface area contributed by atoms with E-state index in [-0.39, 0.29) is 25.0 Å². The lowest BCUT2D eigenvalue weighted by Crippen LogP contribution is -2.43. The molecule has 124 valence electrons. The van der Waals surface area contributed by atoms with Gasteiger partial charge in [0, 0.05) is 5.02 Å². The van der Waals surface area contributed by atoms with Gasteiger partial charge in [0.05, 0.1) is 16.4 Å². The zero-order chi connectivity index (χ0) is 17.3. The van der Waals surface area contributed by atoms with E-state index in [0.29, 0.717) is 27.2 Å². The van der Waals surface area contributed by atoms with Crippen LogP contribution in [0.4, 0.5) is 11.4 Å². The quantitative estimate of drug-likeness (QED) is 0.903. The van der Waals surface area contributed by atoms with E-state index in [0.717, 1.165) is 5.56 Å². The number of para-hydroxylation sites is 1. The van der Waals surface area contributed by atoms with Gasteiger partial charge in [-0.1, -0.05) is 35.3 Å².